The largest absolute Gasteiger partial charge is 0.349 e. The number of amides is 1. The lowest BCUT2D eigenvalue weighted by molar-refractivity contribution is -0.121. The Morgan fingerprint density at radius 2 is 1.59 bits per heavy atom. The third-order valence-corrected chi connectivity index (χ3v) is 3.86. The molecule has 110 valence electrons. The summed E-state index contributed by atoms with van der Waals surface area (Å²) < 4.78 is 0. The molecule has 3 rings (SSSR count). The number of carbonyl (C=O) groups excluding carboxylic acids is 1. The van der Waals surface area contributed by atoms with Crippen LogP contribution in [0.1, 0.15) is 24.1 Å². The summed E-state index contributed by atoms with van der Waals surface area (Å²) in [5.74, 6) is 0.0478. The Morgan fingerprint density at radius 1 is 0.909 bits per heavy atom. The highest BCUT2D eigenvalue weighted by Gasteiger charge is 2.10. The van der Waals surface area contributed by atoms with E-state index in [2.05, 4.69) is 29.6 Å². The van der Waals surface area contributed by atoms with E-state index in [1.54, 1.807) is 0 Å². The van der Waals surface area contributed by atoms with Crippen LogP contribution >= 0.6 is 0 Å². The summed E-state index contributed by atoms with van der Waals surface area (Å²) in [5.41, 5.74) is 2.16. The SMILES string of the molecule is C[C@@H](NC(=O)Cc1ccc2ccccc2c1)c1ccccc1. The lowest BCUT2D eigenvalue weighted by atomic mass is 10.0. The van der Waals surface area contributed by atoms with Crippen LogP contribution in [0.3, 0.4) is 0 Å². The van der Waals surface area contributed by atoms with E-state index in [0.29, 0.717) is 6.42 Å². The first-order chi connectivity index (χ1) is 10.7. The van der Waals surface area contributed by atoms with E-state index in [1.165, 1.54) is 10.8 Å². The predicted octanol–water partition coefficient (Wildman–Crippen LogP) is 4.26. The smallest absolute Gasteiger partial charge is 0.224 e. The average Bonchev–Trinajstić information content (AvgIpc) is 2.55. The molecule has 0 aliphatic rings. The number of hydrogen-bond donors (Lipinski definition) is 1. The Morgan fingerprint density at radius 3 is 2.36 bits per heavy atom. The van der Waals surface area contributed by atoms with Crippen LogP contribution in [0, 0.1) is 0 Å². The molecule has 0 saturated carbocycles. The fraction of sp³-hybridized carbons (Fsp3) is 0.150. The topological polar surface area (TPSA) is 29.1 Å². The molecule has 1 N–H and O–H groups in total. The molecule has 1 amide bonds. The number of benzene rings is 3. The maximum atomic E-state index is 12.2. The van der Waals surface area contributed by atoms with Crippen molar-refractivity contribution in [3.8, 4) is 0 Å². The first kappa shape index (κ1) is 14.3. The first-order valence-corrected chi connectivity index (χ1v) is 7.54. The minimum absolute atomic E-state index is 0.0224. The van der Waals surface area contributed by atoms with E-state index in [4.69, 9.17) is 0 Å². The van der Waals surface area contributed by atoms with Gasteiger partial charge in [0, 0.05) is 0 Å². The van der Waals surface area contributed by atoms with Gasteiger partial charge in [0.05, 0.1) is 12.5 Å². The molecule has 0 aliphatic heterocycles. The minimum Gasteiger partial charge on any atom is -0.349 e. The monoisotopic (exact) mass is 289 g/mol. The summed E-state index contributed by atoms with van der Waals surface area (Å²) in [6.45, 7) is 2.01. The summed E-state index contributed by atoms with van der Waals surface area (Å²) >= 11 is 0. The standard InChI is InChI=1S/C20H19NO/c1-15(17-7-3-2-4-8-17)21-20(22)14-16-11-12-18-9-5-6-10-19(18)13-16/h2-13,15H,14H2,1H3,(H,21,22)/t15-/m1/s1. The number of carbonyl (C=O) groups is 1. The van der Waals surface area contributed by atoms with Crippen molar-refractivity contribution in [1.29, 1.82) is 0 Å². The average molecular weight is 289 g/mol. The van der Waals surface area contributed by atoms with E-state index >= 15 is 0 Å². The summed E-state index contributed by atoms with van der Waals surface area (Å²) in [7, 11) is 0. The van der Waals surface area contributed by atoms with Crippen LogP contribution < -0.4 is 5.32 Å². The second-order valence-electron chi connectivity index (χ2n) is 5.56. The molecule has 0 fully saturated rings. The Bertz CT molecular complexity index is 780. The van der Waals surface area contributed by atoms with Gasteiger partial charge in [-0.05, 0) is 28.8 Å². The molecule has 0 saturated heterocycles. The highest BCUT2D eigenvalue weighted by molar-refractivity contribution is 5.85. The van der Waals surface area contributed by atoms with Crippen LogP contribution in [0.5, 0.6) is 0 Å². The van der Waals surface area contributed by atoms with Crippen LogP contribution in [0.25, 0.3) is 10.8 Å². The van der Waals surface area contributed by atoms with Crippen LogP contribution in [0.4, 0.5) is 0 Å². The third-order valence-electron chi connectivity index (χ3n) is 3.86. The summed E-state index contributed by atoms with van der Waals surface area (Å²) in [4.78, 5) is 12.2. The zero-order valence-corrected chi connectivity index (χ0v) is 12.6. The van der Waals surface area contributed by atoms with Crippen molar-refractivity contribution in [3.63, 3.8) is 0 Å². The van der Waals surface area contributed by atoms with Crippen molar-refractivity contribution in [2.75, 3.05) is 0 Å². The molecule has 3 aromatic rings. The van der Waals surface area contributed by atoms with Gasteiger partial charge in [-0.25, -0.2) is 0 Å². The van der Waals surface area contributed by atoms with Gasteiger partial charge in [-0.1, -0.05) is 72.8 Å². The van der Waals surface area contributed by atoms with Gasteiger partial charge >= 0.3 is 0 Å². The fourth-order valence-corrected chi connectivity index (χ4v) is 2.65. The van der Waals surface area contributed by atoms with Gasteiger partial charge in [0.2, 0.25) is 5.91 Å². The minimum atomic E-state index is 0.0224. The van der Waals surface area contributed by atoms with Gasteiger partial charge in [0.1, 0.15) is 0 Å². The van der Waals surface area contributed by atoms with Crippen LogP contribution in [-0.2, 0) is 11.2 Å². The normalized spacial score (nSPS) is 12.0. The van der Waals surface area contributed by atoms with E-state index in [1.807, 2.05) is 55.5 Å². The molecule has 0 aliphatic carbocycles. The van der Waals surface area contributed by atoms with Crippen LogP contribution in [-0.4, -0.2) is 5.91 Å². The molecule has 2 nitrogen and oxygen atoms in total. The van der Waals surface area contributed by atoms with Gasteiger partial charge in [-0.3, -0.25) is 4.79 Å². The van der Waals surface area contributed by atoms with Gasteiger partial charge < -0.3 is 5.32 Å². The third kappa shape index (κ3) is 3.34. The van der Waals surface area contributed by atoms with Crippen molar-refractivity contribution < 1.29 is 4.79 Å². The molecule has 0 spiro atoms. The quantitative estimate of drug-likeness (QED) is 0.764. The molecule has 0 heterocycles. The zero-order chi connectivity index (χ0) is 15.4. The highest BCUT2D eigenvalue weighted by Crippen LogP contribution is 2.16. The highest BCUT2D eigenvalue weighted by atomic mass is 16.1. The van der Waals surface area contributed by atoms with E-state index in [0.717, 1.165) is 11.1 Å². The molecule has 0 radical (unpaired) electrons. The van der Waals surface area contributed by atoms with Crippen molar-refractivity contribution in [1.82, 2.24) is 5.32 Å². The van der Waals surface area contributed by atoms with Crippen molar-refractivity contribution >= 4 is 16.7 Å². The molecule has 3 aromatic carbocycles. The van der Waals surface area contributed by atoms with Gasteiger partial charge in [-0.15, -0.1) is 0 Å². The Kier molecular flexibility index (Phi) is 4.19. The van der Waals surface area contributed by atoms with E-state index in [-0.39, 0.29) is 11.9 Å². The summed E-state index contributed by atoms with van der Waals surface area (Å²) in [6.07, 6.45) is 0.405. The maximum absolute atomic E-state index is 12.2. The lowest BCUT2D eigenvalue weighted by Gasteiger charge is -2.14. The second-order valence-corrected chi connectivity index (χ2v) is 5.56. The van der Waals surface area contributed by atoms with Crippen LogP contribution in [0.15, 0.2) is 72.8 Å². The fourth-order valence-electron chi connectivity index (χ4n) is 2.65. The summed E-state index contributed by atoms with van der Waals surface area (Å²) in [5, 5.41) is 5.42. The Hall–Kier alpha value is -2.61. The molecule has 1 atom stereocenters. The first-order valence-electron chi connectivity index (χ1n) is 7.54. The van der Waals surface area contributed by atoms with Crippen molar-refractivity contribution in [2.45, 2.75) is 19.4 Å². The molecular weight excluding hydrogens is 270 g/mol. The van der Waals surface area contributed by atoms with Crippen molar-refractivity contribution in [2.24, 2.45) is 0 Å². The van der Waals surface area contributed by atoms with E-state index in [9.17, 15) is 4.79 Å². The molecule has 2 heteroatoms. The maximum Gasteiger partial charge on any atom is 0.224 e. The van der Waals surface area contributed by atoms with Crippen molar-refractivity contribution in [3.05, 3.63) is 83.9 Å². The molecule has 22 heavy (non-hydrogen) atoms. The molecule has 0 unspecified atom stereocenters. The summed E-state index contributed by atoms with van der Waals surface area (Å²) in [6, 6.07) is 24.4. The Labute approximate surface area is 130 Å². The number of rotatable bonds is 4. The second kappa shape index (κ2) is 6.44. The lowest BCUT2D eigenvalue weighted by Crippen LogP contribution is -2.28. The zero-order valence-electron chi connectivity index (χ0n) is 12.6. The number of hydrogen-bond acceptors (Lipinski definition) is 1. The number of fused-ring (bicyclic) bond motifs is 1. The van der Waals surface area contributed by atoms with Gasteiger partial charge in [0.15, 0.2) is 0 Å². The number of nitrogens with one attached hydrogen (secondary N) is 1. The molecular formula is C20H19NO. The van der Waals surface area contributed by atoms with Crippen LogP contribution in [0.2, 0.25) is 0 Å². The predicted molar refractivity (Wildman–Crippen MR) is 90.7 cm³/mol. The van der Waals surface area contributed by atoms with E-state index < -0.39 is 0 Å². The molecule has 0 bridgehead atoms. The van der Waals surface area contributed by atoms with Gasteiger partial charge in [-0.2, -0.15) is 0 Å². The molecule has 0 aromatic heterocycles. The van der Waals surface area contributed by atoms with Gasteiger partial charge in [0.25, 0.3) is 0 Å². The Balaban J connectivity index is 1.68.